The molecule has 0 saturated heterocycles. The molecule has 1 heterocycles. The lowest BCUT2D eigenvalue weighted by molar-refractivity contribution is -0.140. The van der Waals surface area contributed by atoms with Crippen molar-refractivity contribution in [3.8, 4) is 11.5 Å². The van der Waals surface area contributed by atoms with Crippen molar-refractivity contribution >= 4 is 33.9 Å². The summed E-state index contributed by atoms with van der Waals surface area (Å²) in [6, 6.07) is 1.93. The fourth-order valence-electron chi connectivity index (χ4n) is 2.60. The first-order valence-corrected chi connectivity index (χ1v) is 8.75. The molecule has 1 atom stereocenters. The van der Waals surface area contributed by atoms with Crippen molar-refractivity contribution in [3.05, 3.63) is 33.4 Å². The van der Waals surface area contributed by atoms with E-state index in [0.717, 1.165) is 0 Å². The zero-order chi connectivity index (χ0) is 20.1. The van der Waals surface area contributed by atoms with Gasteiger partial charge in [-0.1, -0.05) is 0 Å². The van der Waals surface area contributed by atoms with E-state index in [1.165, 1.54) is 7.11 Å². The third-order valence-electron chi connectivity index (χ3n) is 3.69. The smallest absolute Gasteiger partial charge is 0.341 e. The van der Waals surface area contributed by atoms with Crippen LogP contribution in [0.5, 0.6) is 11.5 Å². The number of carboxylic acids is 1. The zero-order valence-corrected chi connectivity index (χ0v) is 16.5. The Morgan fingerprint density at radius 2 is 2.04 bits per heavy atom. The van der Waals surface area contributed by atoms with E-state index in [-0.39, 0.29) is 23.7 Å². The zero-order valence-electron chi connectivity index (χ0n) is 14.9. The first kappa shape index (κ1) is 20.6. The van der Waals surface area contributed by atoms with E-state index < -0.39 is 30.6 Å². The Balaban J connectivity index is 2.49. The summed E-state index contributed by atoms with van der Waals surface area (Å²) in [5, 5.41) is 14.0. The van der Waals surface area contributed by atoms with E-state index in [9.17, 15) is 14.4 Å². The Hall–Kier alpha value is -2.75. The molecule has 0 saturated carbocycles. The maximum Gasteiger partial charge on any atom is 0.341 e. The number of methoxy groups -OCH3 is 1. The number of nitrogens with one attached hydrogen (secondary N) is 2. The summed E-state index contributed by atoms with van der Waals surface area (Å²) in [6.45, 7) is 2.93. The molecule has 1 aliphatic heterocycles. The largest absolute Gasteiger partial charge is 0.493 e. The number of rotatable bonds is 7. The van der Waals surface area contributed by atoms with Crippen molar-refractivity contribution in [3.63, 3.8) is 0 Å². The predicted molar refractivity (Wildman–Crippen MR) is 97.6 cm³/mol. The van der Waals surface area contributed by atoms with E-state index >= 15 is 0 Å². The molecular weight excluding hydrogens is 424 g/mol. The number of aliphatic carboxylic acids is 1. The SMILES string of the molecule is CCOC(=O)C1=C(C)NC(=O)N[C@@H]1c1cc(Br)c(OCC(=O)O)c(OC)c1. The Morgan fingerprint density at radius 3 is 2.63 bits per heavy atom. The average molecular weight is 443 g/mol. The molecule has 3 N–H and O–H groups in total. The summed E-state index contributed by atoms with van der Waals surface area (Å²) >= 11 is 3.31. The summed E-state index contributed by atoms with van der Waals surface area (Å²) < 4.78 is 16.0. The highest BCUT2D eigenvalue weighted by molar-refractivity contribution is 9.10. The molecule has 2 rings (SSSR count). The van der Waals surface area contributed by atoms with Crippen LogP contribution in [0.4, 0.5) is 4.79 Å². The molecule has 0 aliphatic carbocycles. The number of benzene rings is 1. The number of amides is 2. The maximum absolute atomic E-state index is 12.4. The highest BCUT2D eigenvalue weighted by atomic mass is 79.9. The lowest BCUT2D eigenvalue weighted by Gasteiger charge is -2.28. The minimum atomic E-state index is -1.14. The van der Waals surface area contributed by atoms with Crippen molar-refractivity contribution in [2.24, 2.45) is 0 Å². The fraction of sp³-hybridized carbons (Fsp3) is 0.353. The number of carbonyl (C=O) groups is 3. The van der Waals surface area contributed by atoms with Crippen molar-refractivity contribution < 1.29 is 33.7 Å². The van der Waals surface area contributed by atoms with Gasteiger partial charge in [-0.05, 0) is 47.5 Å². The van der Waals surface area contributed by atoms with Gasteiger partial charge in [0.15, 0.2) is 18.1 Å². The van der Waals surface area contributed by atoms with Crippen LogP contribution in [0.2, 0.25) is 0 Å². The van der Waals surface area contributed by atoms with Gasteiger partial charge in [0.2, 0.25) is 0 Å². The van der Waals surface area contributed by atoms with E-state index in [1.807, 2.05) is 0 Å². The minimum absolute atomic E-state index is 0.186. The van der Waals surface area contributed by atoms with Crippen LogP contribution in [0, 0.1) is 0 Å². The number of urea groups is 1. The van der Waals surface area contributed by atoms with Crippen LogP contribution < -0.4 is 20.1 Å². The number of ether oxygens (including phenoxy) is 3. The number of hydrogen-bond donors (Lipinski definition) is 3. The summed E-state index contributed by atoms with van der Waals surface area (Å²) in [5.41, 5.74) is 1.16. The van der Waals surface area contributed by atoms with Gasteiger partial charge in [-0.3, -0.25) is 0 Å². The van der Waals surface area contributed by atoms with Crippen molar-refractivity contribution in [1.29, 1.82) is 0 Å². The second-order valence-electron chi connectivity index (χ2n) is 5.51. The number of hydrogen-bond acceptors (Lipinski definition) is 6. The molecule has 0 bridgehead atoms. The van der Waals surface area contributed by atoms with Gasteiger partial charge in [-0.2, -0.15) is 0 Å². The highest BCUT2D eigenvalue weighted by Crippen LogP contribution is 2.40. The third-order valence-corrected chi connectivity index (χ3v) is 4.28. The highest BCUT2D eigenvalue weighted by Gasteiger charge is 2.33. The van der Waals surface area contributed by atoms with Gasteiger partial charge in [0.25, 0.3) is 0 Å². The van der Waals surface area contributed by atoms with Gasteiger partial charge >= 0.3 is 18.0 Å². The topological polar surface area (TPSA) is 123 Å². The van der Waals surface area contributed by atoms with Crippen LogP contribution in [-0.2, 0) is 14.3 Å². The van der Waals surface area contributed by atoms with Crippen molar-refractivity contribution in [2.45, 2.75) is 19.9 Å². The molecule has 27 heavy (non-hydrogen) atoms. The Labute approximate surface area is 163 Å². The molecule has 10 heteroatoms. The Kier molecular flexibility index (Phi) is 6.67. The molecule has 0 unspecified atom stereocenters. The normalized spacial score (nSPS) is 16.3. The summed E-state index contributed by atoms with van der Waals surface area (Å²) in [4.78, 5) is 35.1. The average Bonchev–Trinajstić information content (AvgIpc) is 2.59. The Bertz CT molecular complexity index is 807. The first-order chi connectivity index (χ1) is 12.8. The maximum atomic E-state index is 12.4. The fourth-order valence-corrected chi connectivity index (χ4v) is 3.18. The monoisotopic (exact) mass is 442 g/mol. The van der Waals surface area contributed by atoms with Crippen LogP contribution in [0.3, 0.4) is 0 Å². The van der Waals surface area contributed by atoms with Crippen LogP contribution in [-0.4, -0.2) is 43.4 Å². The van der Waals surface area contributed by atoms with Gasteiger partial charge in [0, 0.05) is 5.70 Å². The Morgan fingerprint density at radius 1 is 1.33 bits per heavy atom. The summed E-state index contributed by atoms with van der Waals surface area (Å²) in [5.74, 6) is -1.26. The van der Waals surface area contributed by atoms with Crippen LogP contribution in [0.15, 0.2) is 27.9 Å². The molecule has 9 nitrogen and oxygen atoms in total. The van der Waals surface area contributed by atoms with Gasteiger partial charge in [0.05, 0.1) is 29.8 Å². The van der Waals surface area contributed by atoms with Crippen LogP contribution in [0.25, 0.3) is 0 Å². The quantitative estimate of drug-likeness (QED) is 0.552. The van der Waals surface area contributed by atoms with E-state index in [4.69, 9.17) is 19.3 Å². The van der Waals surface area contributed by atoms with Gasteiger partial charge in [-0.25, -0.2) is 14.4 Å². The number of carbonyl (C=O) groups excluding carboxylic acids is 2. The molecule has 1 aromatic rings. The minimum Gasteiger partial charge on any atom is -0.493 e. The molecule has 0 radical (unpaired) electrons. The molecule has 2 amide bonds. The number of carboxylic acid groups (broad SMARTS) is 1. The second-order valence-corrected chi connectivity index (χ2v) is 6.36. The third kappa shape index (κ3) is 4.70. The molecule has 0 aromatic heterocycles. The summed E-state index contributed by atoms with van der Waals surface area (Å²) in [7, 11) is 1.40. The molecule has 0 fully saturated rings. The molecular formula is C17H19BrN2O7. The second kappa shape index (κ2) is 8.76. The molecule has 1 aromatic carbocycles. The number of halogens is 1. The number of esters is 1. The van der Waals surface area contributed by atoms with E-state index in [1.54, 1.807) is 26.0 Å². The first-order valence-electron chi connectivity index (χ1n) is 7.95. The lowest BCUT2D eigenvalue weighted by Crippen LogP contribution is -2.45. The van der Waals surface area contributed by atoms with Gasteiger partial charge in [0.1, 0.15) is 0 Å². The van der Waals surface area contributed by atoms with Gasteiger partial charge in [-0.15, -0.1) is 0 Å². The number of allylic oxidation sites excluding steroid dienone is 1. The summed E-state index contributed by atoms with van der Waals surface area (Å²) in [6.07, 6.45) is 0. The van der Waals surface area contributed by atoms with E-state index in [0.29, 0.717) is 15.7 Å². The lowest BCUT2D eigenvalue weighted by atomic mass is 9.95. The molecule has 0 spiro atoms. The molecule has 146 valence electrons. The van der Waals surface area contributed by atoms with Crippen LogP contribution in [0.1, 0.15) is 25.5 Å². The van der Waals surface area contributed by atoms with E-state index in [2.05, 4.69) is 26.6 Å². The standard InChI is InChI=1S/C17H19BrN2O7/c1-4-26-16(23)13-8(2)19-17(24)20-14(13)9-5-10(18)15(11(6-9)25-3)27-7-12(21)22/h5-6,14H,4,7H2,1-3H3,(H,21,22)(H2,19,20,24)/t14-/m1/s1. The predicted octanol–water partition coefficient (Wildman–Crippen LogP) is 2.11. The van der Waals surface area contributed by atoms with Gasteiger partial charge < -0.3 is 30.0 Å². The van der Waals surface area contributed by atoms with Crippen LogP contribution >= 0.6 is 15.9 Å². The molecule has 1 aliphatic rings. The van der Waals surface area contributed by atoms with Crippen molar-refractivity contribution in [2.75, 3.05) is 20.3 Å². The van der Waals surface area contributed by atoms with Crippen molar-refractivity contribution in [1.82, 2.24) is 10.6 Å².